The van der Waals surface area contributed by atoms with E-state index in [0.717, 1.165) is 11.1 Å². The van der Waals surface area contributed by atoms with E-state index in [1.54, 1.807) is 10.8 Å². The van der Waals surface area contributed by atoms with Crippen LogP contribution < -0.4 is 10.3 Å². The molecule has 4 heteroatoms. The van der Waals surface area contributed by atoms with Crippen LogP contribution in [0.4, 0.5) is 0 Å². The van der Waals surface area contributed by atoms with Gasteiger partial charge in [0.05, 0.1) is 12.0 Å². The quantitative estimate of drug-likeness (QED) is 0.750. The van der Waals surface area contributed by atoms with Crippen molar-refractivity contribution in [3.63, 3.8) is 0 Å². The number of nitrogens with zero attached hydrogens (tertiary/aromatic N) is 1. The zero-order valence-corrected chi connectivity index (χ0v) is 11.4. The standard InChI is InChI=1S/C15H19NO3/c1-3-16-9-8-12-13(15(16)17)6-5-7-14(12)19-11-10-18-4-2/h5-9H,3-4,10-11H2,1-2H3. The fraction of sp³-hybridized carbons (Fsp3) is 0.400. The first-order chi connectivity index (χ1) is 9.27. The van der Waals surface area contributed by atoms with Crippen LogP contribution in [-0.2, 0) is 11.3 Å². The number of pyridine rings is 1. The van der Waals surface area contributed by atoms with Crippen molar-refractivity contribution in [2.45, 2.75) is 20.4 Å². The minimum atomic E-state index is 0.0234. The summed E-state index contributed by atoms with van der Waals surface area (Å²) in [4.78, 5) is 12.2. The Bertz CT molecular complexity index is 604. The Morgan fingerprint density at radius 3 is 2.68 bits per heavy atom. The van der Waals surface area contributed by atoms with E-state index in [-0.39, 0.29) is 5.56 Å². The molecule has 0 N–H and O–H groups in total. The minimum absolute atomic E-state index is 0.0234. The Hall–Kier alpha value is -1.81. The minimum Gasteiger partial charge on any atom is -0.491 e. The average Bonchev–Trinajstić information content (AvgIpc) is 2.44. The number of aryl methyl sites for hydroxylation is 1. The lowest BCUT2D eigenvalue weighted by Gasteiger charge is -2.10. The average molecular weight is 261 g/mol. The van der Waals surface area contributed by atoms with E-state index in [0.29, 0.717) is 31.8 Å². The summed E-state index contributed by atoms with van der Waals surface area (Å²) in [5.74, 6) is 0.734. The predicted molar refractivity (Wildman–Crippen MR) is 75.9 cm³/mol. The summed E-state index contributed by atoms with van der Waals surface area (Å²) in [7, 11) is 0. The molecule has 0 atom stereocenters. The second-order valence-electron chi connectivity index (χ2n) is 4.17. The molecule has 0 saturated heterocycles. The van der Waals surface area contributed by atoms with Gasteiger partial charge in [-0.05, 0) is 32.0 Å². The summed E-state index contributed by atoms with van der Waals surface area (Å²) < 4.78 is 12.6. The van der Waals surface area contributed by atoms with Crippen LogP contribution in [-0.4, -0.2) is 24.4 Å². The van der Waals surface area contributed by atoms with Crippen molar-refractivity contribution in [3.8, 4) is 5.75 Å². The van der Waals surface area contributed by atoms with Crippen molar-refractivity contribution in [2.24, 2.45) is 0 Å². The monoisotopic (exact) mass is 261 g/mol. The first-order valence-corrected chi connectivity index (χ1v) is 6.60. The highest BCUT2D eigenvalue weighted by Gasteiger charge is 2.06. The molecular formula is C15H19NO3. The molecule has 0 aliphatic carbocycles. The highest BCUT2D eigenvalue weighted by atomic mass is 16.5. The van der Waals surface area contributed by atoms with Gasteiger partial charge in [-0.2, -0.15) is 0 Å². The number of ether oxygens (including phenoxy) is 2. The van der Waals surface area contributed by atoms with Crippen LogP contribution in [0.3, 0.4) is 0 Å². The van der Waals surface area contributed by atoms with E-state index in [1.165, 1.54) is 0 Å². The molecule has 0 fully saturated rings. The number of benzene rings is 1. The molecule has 1 heterocycles. The van der Waals surface area contributed by atoms with Gasteiger partial charge >= 0.3 is 0 Å². The number of fused-ring (bicyclic) bond motifs is 1. The van der Waals surface area contributed by atoms with Gasteiger partial charge in [-0.25, -0.2) is 0 Å². The molecule has 1 aromatic carbocycles. The summed E-state index contributed by atoms with van der Waals surface area (Å²) in [5.41, 5.74) is 0.0234. The fourth-order valence-corrected chi connectivity index (χ4v) is 2.02. The lowest BCUT2D eigenvalue weighted by atomic mass is 10.1. The fourth-order valence-electron chi connectivity index (χ4n) is 2.02. The lowest BCUT2D eigenvalue weighted by molar-refractivity contribution is 0.111. The largest absolute Gasteiger partial charge is 0.491 e. The third-order valence-electron chi connectivity index (χ3n) is 3.01. The van der Waals surface area contributed by atoms with Gasteiger partial charge in [0.25, 0.3) is 5.56 Å². The first kappa shape index (κ1) is 13.6. The van der Waals surface area contributed by atoms with E-state index in [4.69, 9.17) is 9.47 Å². The van der Waals surface area contributed by atoms with Crippen molar-refractivity contribution >= 4 is 10.8 Å². The van der Waals surface area contributed by atoms with Crippen molar-refractivity contribution in [2.75, 3.05) is 19.8 Å². The Morgan fingerprint density at radius 2 is 1.95 bits per heavy atom. The van der Waals surface area contributed by atoms with Gasteiger partial charge in [0.2, 0.25) is 0 Å². The van der Waals surface area contributed by atoms with Gasteiger partial charge in [0, 0.05) is 24.7 Å². The molecule has 0 radical (unpaired) electrons. The second-order valence-corrected chi connectivity index (χ2v) is 4.17. The van der Waals surface area contributed by atoms with Crippen LogP contribution in [0.15, 0.2) is 35.3 Å². The van der Waals surface area contributed by atoms with Crippen molar-refractivity contribution in [3.05, 3.63) is 40.8 Å². The van der Waals surface area contributed by atoms with E-state index >= 15 is 0 Å². The third kappa shape index (κ3) is 2.96. The highest BCUT2D eigenvalue weighted by Crippen LogP contribution is 2.22. The van der Waals surface area contributed by atoms with Gasteiger partial charge in [-0.1, -0.05) is 6.07 Å². The summed E-state index contributed by atoms with van der Waals surface area (Å²) in [6.45, 7) is 6.30. The number of aromatic nitrogens is 1. The summed E-state index contributed by atoms with van der Waals surface area (Å²) in [6.07, 6.45) is 1.81. The maximum Gasteiger partial charge on any atom is 0.258 e. The molecular weight excluding hydrogens is 242 g/mol. The Kier molecular flexibility index (Phi) is 4.58. The first-order valence-electron chi connectivity index (χ1n) is 6.60. The Morgan fingerprint density at radius 1 is 1.11 bits per heavy atom. The van der Waals surface area contributed by atoms with Crippen molar-refractivity contribution in [1.29, 1.82) is 0 Å². The molecule has 0 aliphatic heterocycles. The molecule has 4 nitrogen and oxygen atoms in total. The molecule has 0 unspecified atom stereocenters. The van der Waals surface area contributed by atoms with Crippen molar-refractivity contribution < 1.29 is 9.47 Å². The van der Waals surface area contributed by atoms with Crippen LogP contribution in [0.25, 0.3) is 10.8 Å². The molecule has 0 bridgehead atoms. The van der Waals surface area contributed by atoms with Crippen LogP contribution in [0.2, 0.25) is 0 Å². The van der Waals surface area contributed by atoms with E-state index in [1.807, 2.05) is 38.1 Å². The smallest absolute Gasteiger partial charge is 0.258 e. The number of rotatable bonds is 6. The van der Waals surface area contributed by atoms with E-state index < -0.39 is 0 Å². The predicted octanol–water partition coefficient (Wildman–Crippen LogP) is 2.44. The third-order valence-corrected chi connectivity index (χ3v) is 3.01. The Balaban J connectivity index is 2.30. The van der Waals surface area contributed by atoms with Gasteiger partial charge in [-0.15, -0.1) is 0 Å². The molecule has 2 rings (SSSR count). The summed E-state index contributed by atoms with van der Waals surface area (Å²) >= 11 is 0. The van der Waals surface area contributed by atoms with Crippen molar-refractivity contribution in [1.82, 2.24) is 4.57 Å². The van der Waals surface area contributed by atoms with Crippen LogP contribution in [0, 0.1) is 0 Å². The van der Waals surface area contributed by atoms with E-state index in [9.17, 15) is 4.79 Å². The molecule has 102 valence electrons. The maximum absolute atomic E-state index is 12.2. The molecule has 0 spiro atoms. The molecule has 1 aromatic heterocycles. The van der Waals surface area contributed by atoms with Gasteiger partial charge in [-0.3, -0.25) is 4.79 Å². The van der Waals surface area contributed by atoms with E-state index in [2.05, 4.69) is 0 Å². The SMILES string of the molecule is CCOCCOc1cccc2c(=O)n(CC)ccc12. The second kappa shape index (κ2) is 6.38. The maximum atomic E-state index is 12.2. The molecule has 19 heavy (non-hydrogen) atoms. The normalized spacial score (nSPS) is 10.8. The summed E-state index contributed by atoms with van der Waals surface area (Å²) in [5, 5.41) is 1.55. The molecule has 0 aliphatic rings. The lowest BCUT2D eigenvalue weighted by Crippen LogP contribution is -2.18. The van der Waals surface area contributed by atoms with Gasteiger partial charge in [0.1, 0.15) is 12.4 Å². The Labute approximate surface area is 112 Å². The number of hydrogen-bond acceptors (Lipinski definition) is 3. The summed E-state index contributed by atoms with van der Waals surface area (Å²) in [6, 6.07) is 7.49. The van der Waals surface area contributed by atoms with Crippen LogP contribution in [0.5, 0.6) is 5.75 Å². The number of hydrogen-bond donors (Lipinski definition) is 0. The zero-order chi connectivity index (χ0) is 13.7. The molecule has 0 amide bonds. The van der Waals surface area contributed by atoms with Crippen LogP contribution in [0.1, 0.15) is 13.8 Å². The van der Waals surface area contributed by atoms with Gasteiger partial charge in [0.15, 0.2) is 0 Å². The van der Waals surface area contributed by atoms with Gasteiger partial charge < -0.3 is 14.0 Å². The van der Waals surface area contributed by atoms with Crippen LogP contribution >= 0.6 is 0 Å². The zero-order valence-electron chi connectivity index (χ0n) is 11.4. The molecule has 2 aromatic rings. The molecule has 0 saturated carbocycles. The highest BCUT2D eigenvalue weighted by molar-refractivity contribution is 5.87. The topological polar surface area (TPSA) is 40.5 Å².